The lowest BCUT2D eigenvalue weighted by atomic mass is 10.2. The molecule has 0 spiro atoms. The summed E-state index contributed by atoms with van der Waals surface area (Å²) in [6.45, 7) is 2.64. The second-order valence-corrected chi connectivity index (χ2v) is 9.02. The van der Waals surface area contributed by atoms with Gasteiger partial charge in [-0.05, 0) is 36.5 Å². The first-order valence-electron chi connectivity index (χ1n) is 13.1. The highest BCUT2D eigenvalue weighted by molar-refractivity contribution is 7.80. The maximum absolute atomic E-state index is 13.5. The highest BCUT2D eigenvalue weighted by Gasteiger charge is 2.28. The molecule has 0 bridgehead atoms. The molecule has 17 heteroatoms. The van der Waals surface area contributed by atoms with Crippen molar-refractivity contribution in [2.75, 3.05) is 71.3 Å². The average molecular weight is 653 g/mol. The summed E-state index contributed by atoms with van der Waals surface area (Å²) >= 11 is 5.17. The van der Waals surface area contributed by atoms with Gasteiger partial charge in [0.25, 0.3) is 0 Å². The average Bonchev–Trinajstić information content (AvgIpc) is 3.00. The minimum Gasteiger partial charge on any atom is -0.508 e. The molecule has 0 fully saturated rings. The second kappa shape index (κ2) is 20.2. The maximum atomic E-state index is 13.5. The van der Waals surface area contributed by atoms with Crippen molar-refractivity contribution in [3.8, 4) is 11.5 Å². The van der Waals surface area contributed by atoms with Crippen LogP contribution < -0.4 is 26.4 Å². The fourth-order valence-corrected chi connectivity index (χ4v) is 3.28. The van der Waals surface area contributed by atoms with Gasteiger partial charge in [-0.15, -0.1) is 0 Å². The summed E-state index contributed by atoms with van der Waals surface area (Å²) in [5, 5.41) is 18.5. The fourth-order valence-electron chi connectivity index (χ4n) is 3.06. The number of carbonyl (C=O) groups is 1. The number of esters is 1. The van der Waals surface area contributed by atoms with Crippen LogP contribution in [0.4, 0.5) is 27.6 Å². The van der Waals surface area contributed by atoms with Crippen LogP contribution in [0.1, 0.15) is 6.42 Å². The Morgan fingerprint density at radius 1 is 0.795 bits per heavy atom. The Kier molecular flexibility index (Phi) is 16.8. The van der Waals surface area contributed by atoms with Gasteiger partial charge in [0.2, 0.25) is 34.8 Å². The molecule has 0 saturated heterocycles. The van der Waals surface area contributed by atoms with E-state index >= 15 is 0 Å². The molecule has 0 heterocycles. The largest absolute Gasteiger partial charge is 0.508 e. The molecule has 11 nitrogen and oxygen atoms in total. The van der Waals surface area contributed by atoms with Gasteiger partial charge >= 0.3 is 5.97 Å². The van der Waals surface area contributed by atoms with Gasteiger partial charge in [0.1, 0.15) is 5.75 Å². The molecule has 2 rings (SSSR count). The van der Waals surface area contributed by atoms with Crippen LogP contribution in [0, 0.1) is 29.1 Å². The third-order valence-electron chi connectivity index (χ3n) is 5.18. The van der Waals surface area contributed by atoms with E-state index in [-0.39, 0.29) is 32.1 Å². The second-order valence-electron chi connectivity index (χ2n) is 8.61. The minimum absolute atomic E-state index is 0.107. The van der Waals surface area contributed by atoms with Crippen molar-refractivity contribution in [3.05, 3.63) is 65.2 Å². The van der Waals surface area contributed by atoms with Gasteiger partial charge < -0.3 is 50.5 Å². The van der Waals surface area contributed by atoms with Crippen LogP contribution >= 0.6 is 12.2 Å². The Morgan fingerprint density at radius 3 is 2.00 bits per heavy atom. The van der Waals surface area contributed by atoms with Crippen LogP contribution in [0.2, 0.25) is 0 Å². The van der Waals surface area contributed by atoms with E-state index in [1.165, 1.54) is 6.20 Å². The molecule has 0 aromatic heterocycles. The highest BCUT2D eigenvalue weighted by atomic mass is 32.1. The minimum atomic E-state index is -2.35. The molecule has 0 atom stereocenters. The number of thiocarbonyl (C=S) groups is 1. The van der Waals surface area contributed by atoms with Gasteiger partial charge in [-0.1, -0.05) is 0 Å². The summed E-state index contributed by atoms with van der Waals surface area (Å²) in [6.07, 6.45) is 1.00. The van der Waals surface area contributed by atoms with Crippen LogP contribution in [0.5, 0.6) is 11.5 Å². The standard InChI is InChI=1S/C27H33F5N4O7S/c28-21-22(29)24(31)26(25(32)23(21)30)43-20(38)5-8-39-9-6-34-15-17(33)16-42-14-13-41-12-11-40-10-7-35-27(44)36-18-1-3-19(37)4-2-18/h1-4,15,34,37H,5-14,16,33H2,(H2,35,36,44)/b17-15-. The molecular formula is C27H33F5N4O7S. The van der Waals surface area contributed by atoms with E-state index in [1.807, 2.05) is 0 Å². The number of anilines is 1. The topological polar surface area (TPSA) is 146 Å². The predicted molar refractivity (Wildman–Crippen MR) is 152 cm³/mol. The predicted octanol–water partition coefficient (Wildman–Crippen LogP) is 2.83. The van der Waals surface area contributed by atoms with Crippen molar-refractivity contribution in [2.24, 2.45) is 5.73 Å². The zero-order valence-electron chi connectivity index (χ0n) is 23.4. The zero-order chi connectivity index (χ0) is 32.3. The summed E-state index contributed by atoms with van der Waals surface area (Å²) in [6, 6.07) is 6.50. The van der Waals surface area contributed by atoms with Crippen molar-refractivity contribution in [1.82, 2.24) is 10.6 Å². The molecule has 0 amide bonds. The third kappa shape index (κ3) is 13.7. The lowest BCUT2D eigenvalue weighted by Gasteiger charge is -2.11. The van der Waals surface area contributed by atoms with Crippen LogP contribution in [0.25, 0.3) is 0 Å². The number of halogens is 5. The Labute approximate surface area is 255 Å². The number of benzene rings is 2. The lowest BCUT2D eigenvalue weighted by molar-refractivity contribution is -0.136. The number of phenolic OH excluding ortho intramolecular Hbond substituents is 1. The number of nitrogens with two attached hydrogens (primary N) is 1. The van der Waals surface area contributed by atoms with E-state index in [2.05, 4.69) is 20.7 Å². The van der Waals surface area contributed by atoms with Crippen molar-refractivity contribution in [2.45, 2.75) is 6.42 Å². The number of rotatable bonds is 20. The van der Waals surface area contributed by atoms with Crippen LogP contribution in [0.15, 0.2) is 36.2 Å². The first-order valence-corrected chi connectivity index (χ1v) is 13.6. The van der Waals surface area contributed by atoms with Crippen molar-refractivity contribution < 1.29 is 55.5 Å². The number of aromatic hydroxyl groups is 1. The van der Waals surface area contributed by atoms with Gasteiger partial charge in [-0.2, -0.15) is 8.78 Å². The fraction of sp³-hybridized carbons (Fsp3) is 0.407. The van der Waals surface area contributed by atoms with E-state index in [9.17, 15) is 31.9 Å². The van der Waals surface area contributed by atoms with Gasteiger partial charge in [-0.25, -0.2) is 13.2 Å². The van der Waals surface area contributed by atoms with Gasteiger partial charge in [0.15, 0.2) is 5.11 Å². The summed E-state index contributed by atoms with van der Waals surface area (Å²) in [5.41, 5.74) is 6.95. The molecule has 0 aliphatic carbocycles. The molecule has 44 heavy (non-hydrogen) atoms. The van der Waals surface area contributed by atoms with E-state index in [0.29, 0.717) is 50.4 Å². The SMILES string of the molecule is N/C(=C\NCCOCCC(=O)Oc1c(F)c(F)c(F)c(F)c1F)COCCOCCOCCNC(=S)Nc1ccc(O)cc1. The molecule has 6 N–H and O–H groups in total. The number of carbonyl (C=O) groups excluding carboxylic acids is 1. The lowest BCUT2D eigenvalue weighted by Crippen LogP contribution is -2.31. The summed E-state index contributed by atoms with van der Waals surface area (Å²) in [4.78, 5) is 11.7. The number of phenols is 1. The molecule has 0 unspecified atom stereocenters. The Morgan fingerprint density at radius 2 is 1.34 bits per heavy atom. The monoisotopic (exact) mass is 652 g/mol. The zero-order valence-corrected chi connectivity index (χ0v) is 24.3. The quantitative estimate of drug-likeness (QED) is 0.0210. The van der Waals surface area contributed by atoms with Crippen LogP contribution in [-0.4, -0.2) is 82.1 Å². The van der Waals surface area contributed by atoms with E-state index in [0.717, 1.165) is 5.69 Å². The van der Waals surface area contributed by atoms with Crippen LogP contribution in [0.3, 0.4) is 0 Å². The van der Waals surface area contributed by atoms with Crippen molar-refractivity contribution in [1.29, 1.82) is 0 Å². The molecule has 0 saturated carbocycles. The molecule has 0 radical (unpaired) electrons. The highest BCUT2D eigenvalue weighted by Crippen LogP contribution is 2.29. The molecule has 2 aromatic rings. The Bertz CT molecular complexity index is 1210. The maximum Gasteiger partial charge on any atom is 0.313 e. The Hall–Kier alpha value is -3.77. The molecule has 2 aromatic carbocycles. The summed E-state index contributed by atoms with van der Waals surface area (Å²) in [5.74, 6) is -14.0. The van der Waals surface area contributed by atoms with Gasteiger partial charge in [0, 0.05) is 25.0 Å². The number of ether oxygens (including phenoxy) is 5. The van der Waals surface area contributed by atoms with Crippen LogP contribution in [-0.2, 0) is 23.7 Å². The first kappa shape index (κ1) is 36.4. The van der Waals surface area contributed by atoms with Crippen molar-refractivity contribution in [3.63, 3.8) is 0 Å². The molecular weight excluding hydrogens is 619 g/mol. The first-order chi connectivity index (χ1) is 21.1. The van der Waals surface area contributed by atoms with E-state index in [1.54, 1.807) is 24.3 Å². The van der Waals surface area contributed by atoms with Crippen molar-refractivity contribution >= 4 is 29.0 Å². The summed E-state index contributed by atoms with van der Waals surface area (Å²) < 4.78 is 92.1. The number of hydrogen-bond donors (Lipinski definition) is 5. The smallest absolute Gasteiger partial charge is 0.313 e. The molecule has 0 aliphatic rings. The third-order valence-corrected chi connectivity index (χ3v) is 5.43. The van der Waals surface area contributed by atoms with E-state index < -0.39 is 47.2 Å². The Balaban J connectivity index is 1.40. The number of nitrogens with one attached hydrogen (secondary N) is 3. The summed E-state index contributed by atoms with van der Waals surface area (Å²) in [7, 11) is 0. The molecule has 0 aliphatic heterocycles. The van der Waals surface area contributed by atoms with Gasteiger partial charge in [0.05, 0.1) is 65.0 Å². The molecule has 244 valence electrons. The normalized spacial score (nSPS) is 11.3. The number of hydrogen-bond acceptors (Lipinski definition) is 10. The van der Waals surface area contributed by atoms with E-state index in [4.69, 9.17) is 36.9 Å². The van der Waals surface area contributed by atoms with Gasteiger partial charge in [-0.3, -0.25) is 4.79 Å².